The number of carbonyl (C=O) groups is 1. The molecule has 3 unspecified atom stereocenters. The molecule has 1 fully saturated rings. The molecule has 4 nitrogen and oxygen atoms in total. The Morgan fingerprint density at radius 2 is 2.19 bits per heavy atom. The van der Waals surface area contributed by atoms with E-state index in [9.17, 15) is 4.79 Å². The SMILES string of the molecule is CNC(C)c1ccc(N2CC(C(N)=O)CCC2C)cc1Cl. The van der Waals surface area contributed by atoms with Gasteiger partial charge in [-0.05, 0) is 51.4 Å². The molecule has 2 rings (SSSR count). The summed E-state index contributed by atoms with van der Waals surface area (Å²) in [6.45, 7) is 4.93. The van der Waals surface area contributed by atoms with Gasteiger partial charge in [0.1, 0.15) is 0 Å². The maximum atomic E-state index is 11.4. The number of hydrogen-bond donors (Lipinski definition) is 2. The van der Waals surface area contributed by atoms with Gasteiger partial charge in [0.25, 0.3) is 0 Å². The zero-order valence-electron chi connectivity index (χ0n) is 12.9. The number of halogens is 1. The van der Waals surface area contributed by atoms with Crippen molar-refractivity contribution < 1.29 is 4.79 Å². The second-order valence-electron chi connectivity index (χ2n) is 5.89. The standard InChI is InChI=1S/C16H24ClN3O/c1-10-4-5-12(16(18)21)9-20(10)13-6-7-14(11(2)19-3)15(17)8-13/h6-8,10-12,19H,4-5,9H2,1-3H3,(H2,18,21). The Morgan fingerprint density at radius 3 is 2.76 bits per heavy atom. The fraction of sp³-hybridized carbons (Fsp3) is 0.562. The summed E-state index contributed by atoms with van der Waals surface area (Å²) >= 11 is 6.41. The van der Waals surface area contributed by atoms with Gasteiger partial charge in [-0.3, -0.25) is 4.79 Å². The minimum absolute atomic E-state index is 0.0733. The van der Waals surface area contributed by atoms with E-state index in [1.165, 1.54) is 0 Å². The van der Waals surface area contributed by atoms with Gasteiger partial charge >= 0.3 is 0 Å². The van der Waals surface area contributed by atoms with Crippen LogP contribution in [0.4, 0.5) is 5.69 Å². The van der Waals surface area contributed by atoms with Gasteiger partial charge in [-0.2, -0.15) is 0 Å². The third-order valence-electron chi connectivity index (χ3n) is 4.50. The minimum atomic E-state index is -0.210. The minimum Gasteiger partial charge on any atom is -0.369 e. The molecule has 0 radical (unpaired) electrons. The van der Waals surface area contributed by atoms with E-state index in [2.05, 4.69) is 36.2 Å². The average Bonchev–Trinajstić information content (AvgIpc) is 2.46. The first kappa shape index (κ1) is 16.1. The van der Waals surface area contributed by atoms with Crippen molar-refractivity contribution in [2.45, 2.75) is 38.8 Å². The molecule has 1 heterocycles. The Hall–Kier alpha value is -1.26. The molecule has 3 N–H and O–H groups in total. The fourth-order valence-corrected chi connectivity index (χ4v) is 3.24. The Morgan fingerprint density at radius 1 is 1.48 bits per heavy atom. The summed E-state index contributed by atoms with van der Waals surface area (Å²) in [5, 5.41) is 3.95. The van der Waals surface area contributed by atoms with Gasteiger partial charge in [0.2, 0.25) is 5.91 Å². The zero-order valence-corrected chi connectivity index (χ0v) is 13.7. The lowest BCUT2D eigenvalue weighted by Crippen LogP contribution is -2.45. The summed E-state index contributed by atoms with van der Waals surface area (Å²) in [6, 6.07) is 6.73. The van der Waals surface area contributed by atoms with Crippen LogP contribution < -0.4 is 16.0 Å². The maximum absolute atomic E-state index is 11.4. The second kappa shape index (κ2) is 6.67. The summed E-state index contributed by atoms with van der Waals surface area (Å²) in [5.41, 5.74) is 7.61. The number of amides is 1. The van der Waals surface area contributed by atoms with Crippen LogP contribution in [-0.2, 0) is 4.79 Å². The predicted molar refractivity (Wildman–Crippen MR) is 87.7 cm³/mol. The normalized spacial score (nSPS) is 23.9. The van der Waals surface area contributed by atoms with Gasteiger partial charge in [0.15, 0.2) is 0 Å². The van der Waals surface area contributed by atoms with Crippen molar-refractivity contribution >= 4 is 23.2 Å². The molecular formula is C16H24ClN3O. The van der Waals surface area contributed by atoms with Gasteiger partial charge in [-0.25, -0.2) is 0 Å². The second-order valence-corrected chi connectivity index (χ2v) is 6.30. The monoisotopic (exact) mass is 309 g/mol. The Kier molecular flexibility index (Phi) is 5.12. The number of nitrogens with two attached hydrogens (primary N) is 1. The molecule has 0 aromatic heterocycles. The predicted octanol–water partition coefficient (Wildman–Crippen LogP) is 2.71. The molecule has 1 saturated heterocycles. The molecule has 1 aromatic rings. The molecule has 0 aliphatic carbocycles. The van der Waals surface area contributed by atoms with Crippen LogP contribution in [0.1, 0.15) is 38.3 Å². The molecule has 0 saturated carbocycles. The molecule has 0 bridgehead atoms. The maximum Gasteiger partial charge on any atom is 0.222 e. The van der Waals surface area contributed by atoms with E-state index in [1.807, 2.05) is 13.1 Å². The molecule has 3 atom stereocenters. The smallest absolute Gasteiger partial charge is 0.222 e. The van der Waals surface area contributed by atoms with Gasteiger partial charge in [0.05, 0.1) is 5.92 Å². The Balaban J connectivity index is 2.24. The van der Waals surface area contributed by atoms with Gasteiger partial charge < -0.3 is 16.0 Å². The third-order valence-corrected chi connectivity index (χ3v) is 4.83. The average molecular weight is 310 g/mol. The number of anilines is 1. The largest absolute Gasteiger partial charge is 0.369 e. The lowest BCUT2D eigenvalue weighted by atomic mass is 9.92. The topological polar surface area (TPSA) is 58.4 Å². The van der Waals surface area contributed by atoms with Gasteiger partial charge in [-0.15, -0.1) is 0 Å². The first-order valence-electron chi connectivity index (χ1n) is 7.46. The van der Waals surface area contributed by atoms with Crippen LogP contribution in [0.15, 0.2) is 18.2 Å². The number of hydrogen-bond acceptors (Lipinski definition) is 3. The highest BCUT2D eigenvalue weighted by Crippen LogP contribution is 2.32. The molecule has 1 aliphatic heterocycles. The van der Waals surface area contributed by atoms with E-state index in [4.69, 9.17) is 17.3 Å². The summed E-state index contributed by atoms with van der Waals surface area (Å²) in [7, 11) is 1.92. The third kappa shape index (κ3) is 3.50. The molecule has 0 spiro atoms. The van der Waals surface area contributed by atoms with E-state index >= 15 is 0 Å². The van der Waals surface area contributed by atoms with Crippen LogP contribution in [0.2, 0.25) is 5.02 Å². The number of primary amides is 1. The number of nitrogens with zero attached hydrogens (tertiary/aromatic N) is 1. The lowest BCUT2D eigenvalue weighted by molar-refractivity contribution is -0.122. The van der Waals surface area contributed by atoms with Gasteiger partial charge in [0, 0.05) is 29.3 Å². The first-order chi connectivity index (χ1) is 9.93. The highest BCUT2D eigenvalue weighted by molar-refractivity contribution is 6.31. The Bertz CT molecular complexity index is 520. The van der Waals surface area contributed by atoms with Crippen LogP contribution in [0.25, 0.3) is 0 Å². The fourth-order valence-electron chi connectivity index (χ4n) is 2.90. The van der Waals surface area contributed by atoms with Crippen molar-refractivity contribution in [3.63, 3.8) is 0 Å². The van der Waals surface area contributed by atoms with Crippen molar-refractivity contribution in [2.24, 2.45) is 11.7 Å². The molecule has 1 aliphatic rings. The summed E-state index contributed by atoms with van der Waals surface area (Å²) in [5.74, 6) is -0.283. The summed E-state index contributed by atoms with van der Waals surface area (Å²) in [4.78, 5) is 13.7. The highest BCUT2D eigenvalue weighted by Gasteiger charge is 2.29. The number of nitrogens with one attached hydrogen (secondary N) is 1. The van der Waals surface area contributed by atoms with Crippen LogP contribution in [0.5, 0.6) is 0 Å². The van der Waals surface area contributed by atoms with Crippen molar-refractivity contribution in [1.29, 1.82) is 0 Å². The molecule has 5 heteroatoms. The number of carbonyl (C=O) groups excluding carboxylic acids is 1. The van der Waals surface area contributed by atoms with Crippen LogP contribution in [0.3, 0.4) is 0 Å². The van der Waals surface area contributed by atoms with E-state index < -0.39 is 0 Å². The van der Waals surface area contributed by atoms with E-state index in [0.717, 1.165) is 29.1 Å². The van der Waals surface area contributed by atoms with Crippen molar-refractivity contribution in [3.05, 3.63) is 28.8 Å². The molecule has 1 amide bonds. The highest BCUT2D eigenvalue weighted by atomic mass is 35.5. The van der Waals surface area contributed by atoms with Crippen LogP contribution in [0, 0.1) is 5.92 Å². The summed E-state index contributed by atoms with van der Waals surface area (Å²) < 4.78 is 0. The first-order valence-corrected chi connectivity index (χ1v) is 7.84. The lowest BCUT2D eigenvalue weighted by Gasteiger charge is -2.39. The molecule has 1 aromatic carbocycles. The number of benzene rings is 1. The van der Waals surface area contributed by atoms with Gasteiger partial charge in [-0.1, -0.05) is 17.7 Å². The Labute approximate surface area is 131 Å². The molecule has 21 heavy (non-hydrogen) atoms. The molecule has 116 valence electrons. The number of rotatable bonds is 4. The quantitative estimate of drug-likeness (QED) is 0.899. The van der Waals surface area contributed by atoms with Crippen molar-refractivity contribution in [1.82, 2.24) is 5.32 Å². The van der Waals surface area contributed by atoms with Crippen LogP contribution >= 0.6 is 11.6 Å². The van der Waals surface area contributed by atoms with E-state index in [1.54, 1.807) is 0 Å². The van der Waals surface area contributed by atoms with Crippen molar-refractivity contribution in [2.75, 3.05) is 18.5 Å². The van der Waals surface area contributed by atoms with E-state index in [0.29, 0.717) is 12.6 Å². The summed E-state index contributed by atoms with van der Waals surface area (Å²) in [6.07, 6.45) is 1.84. The van der Waals surface area contributed by atoms with Crippen molar-refractivity contribution in [3.8, 4) is 0 Å². The van der Waals surface area contributed by atoms with Crippen LogP contribution in [-0.4, -0.2) is 25.5 Å². The zero-order chi connectivity index (χ0) is 15.6. The van der Waals surface area contributed by atoms with E-state index in [-0.39, 0.29) is 17.9 Å². The molecular weight excluding hydrogens is 286 g/mol. The number of piperidine rings is 1.